The molecule has 0 bridgehead atoms. The van der Waals surface area contributed by atoms with Crippen LogP contribution in [0.25, 0.3) is 0 Å². The van der Waals surface area contributed by atoms with Gasteiger partial charge in [-0.2, -0.15) is 24.4 Å². The van der Waals surface area contributed by atoms with E-state index in [0.29, 0.717) is 11.3 Å². The Morgan fingerprint density at radius 3 is 2.00 bits per heavy atom. The number of phenols is 1. The predicted octanol–water partition coefficient (Wildman–Crippen LogP) is -1.04. The molecule has 0 heterocycles. The monoisotopic (exact) mass is 530 g/mol. The number of aliphatic carboxylic acids is 2. The second-order valence-electron chi connectivity index (χ2n) is 7.56. The molecule has 1 aromatic carbocycles. The van der Waals surface area contributed by atoms with E-state index in [0.717, 1.165) is 0 Å². The lowest BCUT2D eigenvalue weighted by molar-refractivity contribution is -0.147. The highest BCUT2D eigenvalue weighted by Crippen LogP contribution is 2.11. The van der Waals surface area contributed by atoms with Crippen LogP contribution in [-0.2, 0) is 30.4 Å². The predicted molar refractivity (Wildman–Crippen MR) is 132 cm³/mol. The Bertz CT molecular complexity index is 900. The first kappa shape index (κ1) is 30.1. The fourth-order valence-corrected chi connectivity index (χ4v) is 3.60. The minimum absolute atomic E-state index is 0.0704. The largest absolute Gasteiger partial charge is 0.508 e. The quantitative estimate of drug-likeness (QED) is 0.129. The van der Waals surface area contributed by atoms with Crippen molar-refractivity contribution in [2.75, 3.05) is 17.8 Å². The molecule has 0 aliphatic heterocycles. The summed E-state index contributed by atoms with van der Waals surface area (Å²) in [6.07, 6.45) is 1.35. The van der Waals surface area contributed by atoms with Crippen LogP contribution in [-0.4, -0.2) is 86.9 Å². The molecule has 0 saturated carbocycles. The van der Waals surface area contributed by atoms with Crippen LogP contribution in [0.4, 0.5) is 0 Å². The Morgan fingerprint density at radius 1 is 0.943 bits per heavy atom. The summed E-state index contributed by atoms with van der Waals surface area (Å²) in [6, 6.07) is 1.16. The third-order valence-electron chi connectivity index (χ3n) is 4.78. The summed E-state index contributed by atoms with van der Waals surface area (Å²) >= 11 is 5.44. The number of nitrogens with two attached hydrogens (primary N) is 1. The molecule has 0 aliphatic carbocycles. The number of carboxylic acid groups (broad SMARTS) is 2. The summed E-state index contributed by atoms with van der Waals surface area (Å²) < 4.78 is 0. The van der Waals surface area contributed by atoms with E-state index in [-0.39, 0.29) is 24.3 Å². The molecule has 3 amide bonds. The van der Waals surface area contributed by atoms with E-state index in [2.05, 4.69) is 28.6 Å². The smallest absolute Gasteiger partial charge is 0.326 e. The first-order valence-electron chi connectivity index (χ1n) is 10.5. The number of aromatic hydroxyl groups is 1. The zero-order chi connectivity index (χ0) is 26.5. The van der Waals surface area contributed by atoms with Gasteiger partial charge in [0.1, 0.15) is 23.9 Å². The lowest BCUT2D eigenvalue weighted by Gasteiger charge is -2.24. The highest BCUT2D eigenvalue weighted by Gasteiger charge is 2.30. The molecule has 4 atom stereocenters. The number of benzene rings is 1. The summed E-state index contributed by atoms with van der Waals surface area (Å²) in [7, 11) is 0. The van der Waals surface area contributed by atoms with Gasteiger partial charge in [-0.1, -0.05) is 12.1 Å². The van der Waals surface area contributed by atoms with Crippen molar-refractivity contribution in [2.45, 2.75) is 43.4 Å². The lowest BCUT2D eigenvalue weighted by atomic mass is 10.0. The highest BCUT2D eigenvalue weighted by molar-refractivity contribution is 7.98. The van der Waals surface area contributed by atoms with Crippen LogP contribution in [0, 0.1) is 0 Å². The molecule has 8 N–H and O–H groups in total. The highest BCUT2D eigenvalue weighted by atomic mass is 32.2. The second kappa shape index (κ2) is 15.1. The van der Waals surface area contributed by atoms with E-state index in [4.69, 9.17) is 15.9 Å². The van der Waals surface area contributed by atoms with Crippen molar-refractivity contribution in [3.05, 3.63) is 29.8 Å². The fourth-order valence-electron chi connectivity index (χ4n) is 2.88. The van der Waals surface area contributed by atoms with Crippen molar-refractivity contribution in [1.29, 1.82) is 0 Å². The van der Waals surface area contributed by atoms with Crippen LogP contribution in [0.2, 0.25) is 0 Å². The van der Waals surface area contributed by atoms with Crippen molar-refractivity contribution in [3.8, 4) is 5.75 Å². The van der Waals surface area contributed by atoms with Gasteiger partial charge in [0.25, 0.3) is 0 Å². The van der Waals surface area contributed by atoms with Crippen molar-refractivity contribution in [1.82, 2.24) is 16.0 Å². The first-order valence-corrected chi connectivity index (χ1v) is 12.5. The Morgan fingerprint density at radius 2 is 1.49 bits per heavy atom. The number of phenolic OH excluding ortho intramolecular Hbond substituents is 1. The SMILES string of the molecule is CSCCC(NC(=O)C(N)Cc1ccc(O)cc1)C(=O)NC(CS)C(=O)NC(CC(=O)O)C(=O)O. The number of carbonyl (C=O) groups excluding carboxylic acids is 3. The van der Waals surface area contributed by atoms with E-state index in [9.17, 15) is 29.1 Å². The van der Waals surface area contributed by atoms with Crippen molar-refractivity contribution >= 4 is 54.1 Å². The average Bonchev–Trinajstić information content (AvgIpc) is 2.80. The molecule has 1 aromatic rings. The number of carboxylic acids is 2. The molecule has 12 nitrogen and oxygen atoms in total. The fraction of sp³-hybridized carbons (Fsp3) is 0.476. The third kappa shape index (κ3) is 10.9. The Hall–Kier alpha value is -2.97. The molecule has 0 aliphatic rings. The number of hydrogen-bond acceptors (Lipinski definition) is 9. The molecule has 4 unspecified atom stereocenters. The number of thiol groups is 1. The number of thioether (sulfide) groups is 1. The van der Waals surface area contributed by atoms with Gasteiger partial charge in [-0.25, -0.2) is 4.79 Å². The molecule has 0 radical (unpaired) electrons. The maximum absolute atomic E-state index is 12.8. The zero-order valence-corrected chi connectivity index (χ0v) is 20.7. The van der Waals surface area contributed by atoms with Gasteiger partial charge in [-0.05, 0) is 42.5 Å². The van der Waals surface area contributed by atoms with Gasteiger partial charge in [0, 0.05) is 5.75 Å². The Balaban J connectivity index is 2.83. The van der Waals surface area contributed by atoms with E-state index < -0.39 is 60.2 Å². The molecule has 0 saturated heterocycles. The van der Waals surface area contributed by atoms with Crippen LogP contribution < -0.4 is 21.7 Å². The van der Waals surface area contributed by atoms with E-state index in [1.54, 1.807) is 12.1 Å². The molecule has 0 aromatic heterocycles. The Kier molecular flexibility index (Phi) is 13.0. The normalized spacial score (nSPS) is 14.1. The van der Waals surface area contributed by atoms with Crippen molar-refractivity contribution < 1.29 is 39.3 Å². The molecule has 194 valence electrons. The third-order valence-corrected chi connectivity index (χ3v) is 5.79. The lowest BCUT2D eigenvalue weighted by Crippen LogP contribution is -2.58. The standard InChI is InChI=1S/C21H30N4O8S2/c1-35-7-6-14(23-18(29)13(22)8-11-2-4-12(26)5-3-11)19(30)25-16(10-34)20(31)24-15(21(32)33)9-17(27)28/h2-5,13-16,26,34H,6-10,22H2,1H3,(H,23,29)(H,24,31)(H,25,30)(H,27,28)(H,32,33). The molecular formula is C21H30N4O8S2. The number of rotatable bonds is 15. The van der Waals surface area contributed by atoms with Gasteiger partial charge in [-0.3, -0.25) is 19.2 Å². The summed E-state index contributed by atoms with van der Waals surface area (Å²) in [5, 5.41) is 34.3. The number of carbonyl (C=O) groups is 5. The van der Waals surface area contributed by atoms with Crippen LogP contribution in [0.5, 0.6) is 5.75 Å². The first-order chi connectivity index (χ1) is 16.5. The molecular weight excluding hydrogens is 500 g/mol. The van der Waals surface area contributed by atoms with Crippen LogP contribution >= 0.6 is 24.4 Å². The minimum atomic E-state index is -1.69. The van der Waals surface area contributed by atoms with E-state index in [1.807, 2.05) is 6.26 Å². The van der Waals surface area contributed by atoms with Crippen molar-refractivity contribution in [3.63, 3.8) is 0 Å². The van der Waals surface area contributed by atoms with Gasteiger partial charge < -0.3 is 37.0 Å². The number of nitrogens with one attached hydrogen (secondary N) is 3. The second-order valence-corrected chi connectivity index (χ2v) is 8.91. The van der Waals surface area contributed by atoms with Gasteiger partial charge in [0.05, 0.1) is 12.5 Å². The maximum atomic E-state index is 12.8. The van der Waals surface area contributed by atoms with Crippen LogP contribution in [0.1, 0.15) is 18.4 Å². The molecule has 35 heavy (non-hydrogen) atoms. The van der Waals surface area contributed by atoms with Gasteiger partial charge in [-0.15, -0.1) is 0 Å². The minimum Gasteiger partial charge on any atom is -0.508 e. The summed E-state index contributed by atoms with van der Waals surface area (Å²) in [5.41, 5.74) is 6.68. The number of amides is 3. The van der Waals surface area contributed by atoms with Gasteiger partial charge >= 0.3 is 11.9 Å². The summed E-state index contributed by atoms with van der Waals surface area (Å²) in [4.78, 5) is 59.9. The topological polar surface area (TPSA) is 208 Å². The Labute approximate surface area is 211 Å². The summed E-state index contributed by atoms with van der Waals surface area (Å²) in [6.45, 7) is 0. The zero-order valence-electron chi connectivity index (χ0n) is 19.0. The van der Waals surface area contributed by atoms with Crippen molar-refractivity contribution in [2.24, 2.45) is 5.73 Å². The average molecular weight is 531 g/mol. The van der Waals surface area contributed by atoms with E-state index >= 15 is 0 Å². The van der Waals surface area contributed by atoms with Gasteiger partial charge in [0.15, 0.2) is 0 Å². The van der Waals surface area contributed by atoms with E-state index in [1.165, 1.54) is 23.9 Å². The number of hydrogen-bond donors (Lipinski definition) is 8. The molecule has 0 spiro atoms. The van der Waals surface area contributed by atoms with Crippen LogP contribution in [0.15, 0.2) is 24.3 Å². The van der Waals surface area contributed by atoms with Gasteiger partial charge in [0.2, 0.25) is 17.7 Å². The molecule has 14 heteroatoms. The molecule has 1 rings (SSSR count). The maximum Gasteiger partial charge on any atom is 0.326 e. The molecule has 0 fully saturated rings. The summed E-state index contributed by atoms with van der Waals surface area (Å²) in [5.74, 6) is -4.83. The van der Waals surface area contributed by atoms with Crippen LogP contribution in [0.3, 0.4) is 0 Å².